The Morgan fingerprint density at radius 2 is 1.87 bits per heavy atom. The first-order valence-corrected chi connectivity index (χ1v) is 4.84. The fourth-order valence-electron chi connectivity index (χ4n) is 1.40. The number of carbonyl (C=O) groups is 1. The maximum Gasteiger partial charge on any atom is 0.217 e. The molecule has 2 aromatic rings. The van der Waals surface area contributed by atoms with Gasteiger partial charge in [-0.2, -0.15) is 15.0 Å². The molecule has 1 aromatic heterocycles. The predicted octanol–water partition coefficient (Wildman–Crippen LogP) is 0.697. The van der Waals surface area contributed by atoms with Crippen LogP contribution in [0, 0.1) is 0 Å². The molecule has 0 spiro atoms. The van der Waals surface area contributed by atoms with E-state index in [1.54, 1.807) is 4.80 Å². The maximum absolute atomic E-state index is 10.5. The molecule has 0 aliphatic carbocycles. The number of aromatic nitrogens is 3. The molecule has 5 nitrogen and oxygen atoms in total. The molecule has 0 radical (unpaired) electrons. The van der Waals surface area contributed by atoms with Crippen LogP contribution in [0.4, 0.5) is 0 Å². The van der Waals surface area contributed by atoms with E-state index in [0.717, 1.165) is 11.0 Å². The Balaban J connectivity index is 2.05. The van der Waals surface area contributed by atoms with Crippen LogP contribution >= 0.6 is 0 Å². The van der Waals surface area contributed by atoms with E-state index in [4.69, 9.17) is 5.73 Å². The van der Waals surface area contributed by atoms with Gasteiger partial charge in [0.05, 0.1) is 6.54 Å². The Labute approximate surface area is 86.9 Å². The smallest absolute Gasteiger partial charge is 0.217 e. The molecule has 0 saturated heterocycles. The molecule has 0 unspecified atom stereocenters. The Morgan fingerprint density at radius 1 is 1.27 bits per heavy atom. The van der Waals surface area contributed by atoms with Crippen LogP contribution in [-0.4, -0.2) is 20.9 Å². The second-order valence-corrected chi connectivity index (χ2v) is 3.35. The van der Waals surface area contributed by atoms with Gasteiger partial charge in [0.15, 0.2) is 0 Å². The van der Waals surface area contributed by atoms with Crippen LogP contribution in [0.1, 0.15) is 12.8 Å². The quantitative estimate of drug-likeness (QED) is 0.796. The van der Waals surface area contributed by atoms with Crippen molar-refractivity contribution in [3.63, 3.8) is 0 Å². The minimum Gasteiger partial charge on any atom is -0.370 e. The summed E-state index contributed by atoms with van der Waals surface area (Å²) >= 11 is 0. The van der Waals surface area contributed by atoms with Crippen molar-refractivity contribution in [2.75, 3.05) is 0 Å². The van der Waals surface area contributed by atoms with Crippen molar-refractivity contribution in [1.29, 1.82) is 0 Å². The van der Waals surface area contributed by atoms with Crippen molar-refractivity contribution >= 4 is 16.9 Å². The number of amides is 1. The van der Waals surface area contributed by atoms with Crippen LogP contribution in [0.15, 0.2) is 24.3 Å². The summed E-state index contributed by atoms with van der Waals surface area (Å²) in [5.74, 6) is -0.285. The van der Waals surface area contributed by atoms with Crippen LogP contribution < -0.4 is 5.73 Å². The first-order chi connectivity index (χ1) is 7.25. The van der Waals surface area contributed by atoms with Crippen LogP contribution in [-0.2, 0) is 11.3 Å². The van der Waals surface area contributed by atoms with Crippen LogP contribution in [0.5, 0.6) is 0 Å². The number of nitrogens with two attached hydrogens (primary N) is 1. The van der Waals surface area contributed by atoms with Gasteiger partial charge in [0.1, 0.15) is 11.0 Å². The average molecular weight is 204 g/mol. The van der Waals surface area contributed by atoms with Crippen molar-refractivity contribution in [2.24, 2.45) is 5.73 Å². The normalized spacial score (nSPS) is 10.7. The van der Waals surface area contributed by atoms with Gasteiger partial charge in [-0.05, 0) is 18.6 Å². The van der Waals surface area contributed by atoms with Crippen molar-refractivity contribution < 1.29 is 4.79 Å². The standard InChI is InChI=1S/C10H12N4O/c11-10(15)6-3-7-14-12-8-4-1-2-5-9(8)13-14/h1-2,4-5H,3,6-7H2,(H2,11,15). The number of aryl methyl sites for hydroxylation is 1. The summed E-state index contributed by atoms with van der Waals surface area (Å²) < 4.78 is 0. The summed E-state index contributed by atoms with van der Waals surface area (Å²) in [7, 11) is 0. The average Bonchev–Trinajstić information content (AvgIpc) is 2.59. The minimum atomic E-state index is -0.285. The van der Waals surface area contributed by atoms with Gasteiger partial charge in [-0.3, -0.25) is 4.79 Å². The highest BCUT2D eigenvalue weighted by atomic mass is 16.1. The summed E-state index contributed by atoms with van der Waals surface area (Å²) in [6.45, 7) is 0.623. The Kier molecular flexibility index (Phi) is 2.62. The number of carbonyl (C=O) groups excluding carboxylic acids is 1. The highest BCUT2D eigenvalue weighted by Crippen LogP contribution is 2.07. The Hall–Kier alpha value is -1.91. The molecular formula is C10H12N4O. The lowest BCUT2D eigenvalue weighted by molar-refractivity contribution is -0.118. The molecule has 0 saturated carbocycles. The predicted molar refractivity (Wildman–Crippen MR) is 56.0 cm³/mol. The van der Waals surface area contributed by atoms with Crippen LogP contribution in [0.25, 0.3) is 11.0 Å². The van der Waals surface area contributed by atoms with E-state index in [1.165, 1.54) is 0 Å². The van der Waals surface area contributed by atoms with Crippen molar-refractivity contribution in [2.45, 2.75) is 19.4 Å². The summed E-state index contributed by atoms with van der Waals surface area (Å²) in [5, 5.41) is 8.53. The van der Waals surface area contributed by atoms with Gasteiger partial charge in [-0.25, -0.2) is 0 Å². The summed E-state index contributed by atoms with van der Waals surface area (Å²) in [4.78, 5) is 12.1. The van der Waals surface area contributed by atoms with Gasteiger partial charge in [0.25, 0.3) is 0 Å². The molecule has 1 heterocycles. The van der Waals surface area contributed by atoms with E-state index >= 15 is 0 Å². The third-order valence-electron chi connectivity index (χ3n) is 2.11. The van der Waals surface area contributed by atoms with E-state index in [-0.39, 0.29) is 5.91 Å². The van der Waals surface area contributed by atoms with E-state index in [1.807, 2.05) is 24.3 Å². The number of fused-ring (bicyclic) bond motifs is 1. The van der Waals surface area contributed by atoms with Gasteiger partial charge in [-0.1, -0.05) is 12.1 Å². The monoisotopic (exact) mass is 204 g/mol. The molecule has 1 amide bonds. The van der Waals surface area contributed by atoms with Crippen LogP contribution in [0.2, 0.25) is 0 Å². The largest absolute Gasteiger partial charge is 0.370 e. The van der Waals surface area contributed by atoms with E-state index < -0.39 is 0 Å². The third kappa shape index (κ3) is 2.31. The summed E-state index contributed by atoms with van der Waals surface area (Å²) in [6.07, 6.45) is 1.05. The molecule has 1 aromatic carbocycles. The molecule has 0 aliphatic heterocycles. The Bertz CT molecular complexity index is 444. The van der Waals surface area contributed by atoms with Gasteiger partial charge in [0.2, 0.25) is 5.91 Å². The molecule has 15 heavy (non-hydrogen) atoms. The van der Waals surface area contributed by atoms with Gasteiger partial charge in [0, 0.05) is 6.42 Å². The maximum atomic E-state index is 10.5. The lowest BCUT2D eigenvalue weighted by Gasteiger charge is -1.96. The summed E-state index contributed by atoms with van der Waals surface area (Å²) in [5.41, 5.74) is 6.79. The zero-order chi connectivity index (χ0) is 10.7. The first kappa shape index (κ1) is 9.64. The molecule has 2 N–H and O–H groups in total. The number of hydrogen-bond donors (Lipinski definition) is 1. The van der Waals surface area contributed by atoms with Gasteiger partial charge >= 0.3 is 0 Å². The Morgan fingerprint density at radius 3 is 2.40 bits per heavy atom. The molecular weight excluding hydrogens is 192 g/mol. The fourth-order valence-corrected chi connectivity index (χ4v) is 1.40. The first-order valence-electron chi connectivity index (χ1n) is 4.84. The molecule has 0 bridgehead atoms. The number of benzene rings is 1. The highest BCUT2D eigenvalue weighted by Gasteiger charge is 2.01. The highest BCUT2D eigenvalue weighted by molar-refractivity contribution is 5.74. The van der Waals surface area contributed by atoms with Crippen molar-refractivity contribution in [1.82, 2.24) is 15.0 Å². The fraction of sp³-hybridized carbons (Fsp3) is 0.300. The SMILES string of the molecule is NC(=O)CCCn1nc2ccccc2n1. The second-order valence-electron chi connectivity index (χ2n) is 3.35. The number of rotatable bonds is 4. The third-order valence-corrected chi connectivity index (χ3v) is 2.11. The van der Waals surface area contributed by atoms with Crippen LogP contribution in [0.3, 0.4) is 0 Å². The molecule has 78 valence electrons. The lowest BCUT2D eigenvalue weighted by atomic mass is 10.3. The van der Waals surface area contributed by atoms with Gasteiger partial charge < -0.3 is 5.73 Å². The number of nitrogens with zero attached hydrogens (tertiary/aromatic N) is 3. The van der Waals surface area contributed by atoms with E-state index in [2.05, 4.69) is 10.2 Å². The molecule has 0 atom stereocenters. The minimum absolute atomic E-state index is 0.285. The molecule has 5 heteroatoms. The number of primary amides is 1. The summed E-state index contributed by atoms with van der Waals surface area (Å²) in [6, 6.07) is 7.66. The van der Waals surface area contributed by atoms with Crippen molar-refractivity contribution in [3.8, 4) is 0 Å². The molecule has 0 aliphatic rings. The van der Waals surface area contributed by atoms with E-state index in [9.17, 15) is 4.79 Å². The van der Waals surface area contributed by atoms with Crippen molar-refractivity contribution in [3.05, 3.63) is 24.3 Å². The molecule has 0 fully saturated rings. The zero-order valence-electron chi connectivity index (χ0n) is 8.26. The number of hydrogen-bond acceptors (Lipinski definition) is 3. The lowest BCUT2D eigenvalue weighted by Crippen LogP contribution is -2.12. The van der Waals surface area contributed by atoms with E-state index in [0.29, 0.717) is 19.4 Å². The van der Waals surface area contributed by atoms with Gasteiger partial charge in [-0.15, -0.1) is 0 Å². The topological polar surface area (TPSA) is 73.8 Å². The second kappa shape index (κ2) is 4.08. The molecule has 2 rings (SSSR count). The zero-order valence-corrected chi connectivity index (χ0v) is 8.26.